The molecule has 1 aliphatic carbocycles. The molecule has 182 valence electrons. The predicted octanol–water partition coefficient (Wildman–Crippen LogP) is 4.92. The molecule has 3 aromatic rings. The number of carbonyl (C=O) groups is 1. The quantitative estimate of drug-likeness (QED) is 0.528. The summed E-state index contributed by atoms with van der Waals surface area (Å²) in [6, 6.07) is 14.7. The molecule has 0 aliphatic heterocycles. The number of carbonyl (C=O) groups excluding carboxylic acids is 1. The third kappa shape index (κ3) is 4.67. The highest BCUT2D eigenvalue weighted by Gasteiger charge is 2.29. The summed E-state index contributed by atoms with van der Waals surface area (Å²) < 4.78 is 17.0. The van der Waals surface area contributed by atoms with Crippen LogP contribution in [0.15, 0.2) is 53.3 Å². The average Bonchev–Trinajstić information content (AvgIpc) is 3.08. The number of hydrogen-bond acceptors (Lipinski definition) is 6. The zero-order valence-electron chi connectivity index (χ0n) is 20.7. The minimum Gasteiger partial charge on any atom is -0.493 e. The molecule has 2 N–H and O–H groups in total. The molecule has 1 unspecified atom stereocenters. The summed E-state index contributed by atoms with van der Waals surface area (Å²) in [7, 11) is 4.73. The minimum absolute atomic E-state index is 0.161. The average molecular weight is 475 g/mol. The molecular weight excluding hydrogens is 444 g/mol. The van der Waals surface area contributed by atoms with Crippen molar-refractivity contribution >= 4 is 17.3 Å². The van der Waals surface area contributed by atoms with Crippen molar-refractivity contribution in [3.63, 3.8) is 0 Å². The SMILES string of the molecule is COc1cc2c(c(OC)c1OC)-c1ccc(Nc3ccccc3C)c(=O)cc1C(NC(C)=O)CC2. The van der Waals surface area contributed by atoms with Crippen molar-refractivity contribution in [2.24, 2.45) is 0 Å². The first kappa shape index (κ1) is 24.1. The van der Waals surface area contributed by atoms with Crippen molar-refractivity contribution in [3.05, 3.63) is 75.4 Å². The first-order valence-corrected chi connectivity index (χ1v) is 11.5. The summed E-state index contributed by atoms with van der Waals surface area (Å²) in [5.74, 6) is 1.41. The van der Waals surface area contributed by atoms with Gasteiger partial charge in [-0.15, -0.1) is 0 Å². The Hall–Kier alpha value is -4.00. The van der Waals surface area contributed by atoms with Crippen LogP contribution in [0.1, 0.15) is 36.1 Å². The Labute approximate surface area is 205 Å². The third-order valence-electron chi connectivity index (χ3n) is 6.33. The van der Waals surface area contributed by atoms with Gasteiger partial charge in [0.2, 0.25) is 17.1 Å². The van der Waals surface area contributed by atoms with E-state index in [1.165, 1.54) is 6.92 Å². The van der Waals surface area contributed by atoms with Crippen molar-refractivity contribution in [1.29, 1.82) is 0 Å². The Bertz CT molecular complexity index is 1340. The highest BCUT2D eigenvalue weighted by molar-refractivity contribution is 5.84. The van der Waals surface area contributed by atoms with E-state index in [2.05, 4.69) is 10.6 Å². The molecule has 0 radical (unpaired) electrons. The van der Waals surface area contributed by atoms with Crippen molar-refractivity contribution in [1.82, 2.24) is 5.32 Å². The molecule has 0 fully saturated rings. The lowest BCUT2D eigenvalue weighted by Crippen LogP contribution is -2.26. The van der Waals surface area contributed by atoms with E-state index in [-0.39, 0.29) is 17.4 Å². The highest BCUT2D eigenvalue weighted by Crippen LogP contribution is 2.50. The normalized spacial score (nSPS) is 14.1. The summed E-state index contributed by atoms with van der Waals surface area (Å²) in [6.45, 7) is 3.47. The molecule has 1 amide bonds. The van der Waals surface area contributed by atoms with E-state index in [0.29, 0.717) is 35.8 Å². The fourth-order valence-corrected chi connectivity index (χ4v) is 4.67. The van der Waals surface area contributed by atoms with Crippen LogP contribution in [-0.4, -0.2) is 27.2 Å². The maximum atomic E-state index is 13.4. The van der Waals surface area contributed by atoms with E-state index in [9.17, 15) is 9.59 Å². The molecule has 35 heavy (non-hydrogen) atoms. The minimum atomic E-state index is -0.344. The van der Waals surface area contributed by atoms with Crippen LogP contribution in [0.25, 0.3) is 11.1 Å². The second kappa shape index (κ2) is 10.1. The summed E-state index contributed by atoms with van der Waals surface area (Å²) in [4.78, 5) is 25.5. The predicted molar refractivity (Wildman–Crippen MR) is 137 cm³/mol. The largest absolute Gasteiger partial charge is 0.493 e. The molecule has 7 heteroatoms. The fraction of sp³-hybridized carbons (Fsp3) is 0.286. The van der Waals surface area contributed by atoms with E-state index in [1.807, 2.05) is 43.3 Å². The van der Waals surface area contributed by atoms with Gasteiger partial charge in [-0.2, -0.15) is 0 Å². The standard InChI is InChI=1S/C28H30N2O5/c1-16-8-6-7-9-21(16)30-23-13-11-19-20(15-24(23)32)22(29-17(2)31)12-10-18-14-25(33-3)27(34-4)28(35-5)26(18)19/h6-9,11,13-15,22H,10,12H2,1-5H3,(H,29,31)(H,30,32). The number of hydrogen-bond donors (Lipinski definition) is 2. The number of amides is 1. The number of aryl methyl sites for hydroxylation is 2. The van der Waals surface area contributed by atoms with Gasteiger partial charge in [0.05, 0.1) is 33.1 Å². The van der Waals surface area contributed by atoms with Gasteiger partial charge < -0.3 is 24.8 Å². The number of ether oxygens (including phenoxy) is 3. The lowest BCUT2D eigenvalue weighted by molar-refractivity contribution is -0.119. The number of nitrogens with one attached hydrogen (secondary N) is 2. The molecule has 1 aliphatic rings. The van der Waals surface area contributed by atoms with Crippen LogP contribution >= 0.6 is 0 Å². The molecule has 1 atom stereocenters. The zero-order valence-corrected chi connectivity index (χ0v) is 20.7. The Kier molecular flexibility index (Phi) is 6.96. The van der Waals surface area contributed by atoms with Gasteiger partial charge in [-0.3, -0.25) is 9.59 Å². The van der Waals surface area contributed by atoms with Gasteiger partial charge in [0.15, 0.2) is 11.5 Å². The van der Waals surface area contributed by atoms with Crippen molar-refractivity contribution in [2.75, 3.05) is 26.6 Å². The number of benzene rings is 2. The molecule has 4 rings (SSSR count). The van der Waals surface area contributed by atoms with Crippen molar-refractivity contribution in [3.8, 4) is 28.4 Å². The van der Waals surface area contributed by atoms with Crippen molar-refractivity contribution < 1.29 is 19.0 Å². The first-order valence-electron chi connectivity index (χ1n) is 11.5. The zero-order chi connectivity index (χ0) is 25.1. The van der Waals surface area contributed by atoms with Gasteiger partial charge in [0.1, 0.15) is 0 Å². The van der Waals surface area contributed by atoms with E-state index in [0.717, 1.165) is 33.5 Å². The molecule has 0 saturated heterocycles. The topological polar surface area (TPSA) is 85.9 Å². The van der Waals surface area contributed by atoms with E-state index < -0.39 is 0 Å². The molecule has 0 spiro atoms. The Morgan fingerprint density at radius 3 is 2.34 bits per heavy atom. The summed E-state index contributed by atoms with van der Waals surface area (Å²) in [5, 5.41) is 6.30. The molecule has 0 bridgehead atoms. The molecule has 7 nitrogen and oxygen atoms in total. The molecule has 0 saturated carbocycles. The van der Waals surface area contributed by atoms with Gasteiger partial charge in [0, 0.05) is 18.2 Å². The lowest BCUT2D eigenvalue weighted by Gasteiger charge is -2.19. The summed E-state index contributed by atoms with van der Waals surface area (Å²) in [5.41, 5.74) is 5.49. The second-order valence-corrected chi connectivity index (χ2v) is 8.54. The van der Waals surface area contributed by atoms with Gasteiger partial charge in [-0.05, 0) is 66.3 Å². The molecular formula is C28H30N2O5. The van der Waals surface area contributed by atoms with E-state index >= 15 is 0 Å². The highest BCUT2D eigenvalue weighted by atomic mass is 16.5. The smallest absolute Gasteiger partial charge is 0.217 e. The molecule has 0 heterocycles. The third-order valence-corrected chi connectivity index (χ3v) is 6.33. The number of fused-ring (bicyclic) bond motifs is 3. The fourth-order valence-electron chi connectivity index (χ4n) is 4.67. The summed E-state index contributed by atoms with van der Waals surface area (Å²) in [6.07, 6.45) is 1.26. The van der Waals surface area contributed by atoms with E-state index in [4.69, 9.17) is 14.2 Å². The second-order valence-electron chi connectivity index (χ2n) is 8.54. The van der Waals surface area contributed by atoms with Crippen molar-refractivity contribution in [2.45, 2.75) is 32.7 Å². The maximum Gasteiger partial charge on any atom is 0.217 e. The number of methoxy groups -OCH3 is 3. The lowest BCUT2D eigenvalue weighted by atomic mass is 9.95. The van der Waals surface area contributed by atoms with Gasteiger partial charge in [-0.25, -0.2) is 0 Å². The Morgan fingerprint density at radius 1 is 0.943 bits per heavy atom. The number of para-hydroxylation sites is 1. The Balaban J connectivity index is 1.99. The Morgan fingerprint density at radius 2 is 1.69 bits per heavy atom. The van der Waals surface area contributed by atoms with Crippen LogP contribution in [0.2, 0.25) is 0 Å². The number of rotatable bonds is 6. The van der Waals surface area contributed by atoms with E-state index in [1.54, 1.807) is 33.5 Å². The monoisotopic (exact) mass is 474 g/mol. The van der Waals surface area contributed by atoms with Crippen LogP contribution in [0.3, 0.4) is 0 Å². The van der Waals surface area contributed by atoms with Gasteiger partial charge in [-0.1, -0.05) is 24.3 Å². The maximum absolute atomic E-state index is 13.4. The van der Waals surface area contributed by atoms with Gasteiger partial charge in [0.25, 0.3) is 0 Å². The van der Waals surface area contributed by atoms with Crippen LogP contribution in [0.5, 0.6) is 17.2 Å². The number of anilines is 2. The van der Waals surface area contributed by atoms with Gasteiger partial charge >= 0.3 is 0 Å². The summed E-state index contributed by atoms with van der Waals surface area (Å²) >= 11 is 0. The van der Waals surface area contributed by atoms with Crippen LogP contribution in [0, 0.1) is 6.92 Å². The van der Waals surface area contributed by atoms with Crippen LogP contribution < -0.4 is 30.3 Å². The molecule has 0 aromatic heterocycles. The van der Waals surface area contributed by atoms with Crippen LogP contribution in [-0.2, 0) is 11.2 Å². The molecule has 3 aromatic carbocycles. The van der Waals surface area contributed by atoms with Crippen LogP contribution in [0.4, 0.5) is 11.4 Å². The first-order chi connectivity index (χ1) is 16.9.